The summed E-state index contributed by atoms with van der Waals surface area (Å²) in [7, 11) is 1.38. The van der Waals surface area contributed by atoms with Gasteiger partial charge >= 0.3 is 5.97 Å². The number of para-hydroxylation sites is 1. The van der Waals surface area contributed by atoms with Gasteiger partial charge in [0.15, 0.2) is 0 Å². The van der Waals surface area contributed by atoms with Crippen LogP contribution in [-0.4, -0.2) is 45.5 Å². The van der Waals surface area contributed by atoms with Gasteiger partial charge in [-0.3, -0.25) is 24.6 Å². The summed E-state index contributed by atoms with van der Waals surface area (Å²) in [6.07, 6.45) is 0.209. The number of carbonyl (C=O) groups excluding carboxylic acids is 2. The van der Waals surface area contributed by atoms with E-state index in [-0.39, 0.29) is 18.1 Å². The van der Waals surface area contributed by atoms with Crippen LogP contribution in [0.15, 0.2) is 24.3 Å². The molecule has 0 bridgehead atoms. The summed E-state index contributed by atoms with van der Waals surface area (Å²) in [4.78, 5) is 38.6. The van der Waals surface area contributed by atoms with Crippen LogP contribution in [0.1, 0.15) is 31.9 Å². The number of likely N-dealkylation sites (tertiary alicyclic amines) is 1. The molecule has 2 saturated heterocycles. The van der Waals surface area contributed by atoms with Crippen molar-refractivity contribution in [1.29, 1.82) is 0 Å². The van der Waals surface area contributed by atoms with E-state index in [9.17, 15) is 24.6 Å². The number of rotatable bonds is 4. The molecule has 25 heavy (non-hydrogen) atoms. The number of phenols is 1. The van der Waals surface area contributed by atoms with Crippen LogP contribution in [0.5, 0.6) is 5.75 Å². The Morgan fingerprint density at radius 3 is 2.48 bits per heavy atom. The molecule has 1 aromatic carbocycles. The van der Waals surface area contributed by atoms with Crippen LogP contribution in [0, 0.1) is 17.8 Å². The molecular formula is C18H22N2O5. The Bertz CT molecular complexity index is 747. The summed E-state index contributed by atoms with van der Waals surface area (Å²) < 4.78 is 0. The Morgan fingerprint density at radius 2 is 1.92 bits per heavy atom. The highest BCUT2D eigenvalue weighted by atomic mass is 16.4. The van der Waals surface area contributed by atoms with Gasteiger partial charge < -0.3 is 10.2 Å². The van der Waals surface area contributed by atoms with Crippen molar-refractivity contribution in [1.82, 2.24) is 10.2 Å². The van der Waals surface area contributed by atoms with Gasteiger partial charge in [-0.1, -0.05) is 32.0 Å². The molecule has 134 valence electrons. The Morgan fingerprint density at radius 1 is 1.28 bits per heavy atom. The van der Waals surface area contributed by atoms with Crippen LogP contribution in [0.3, 0.4) is 0 Å². The number of carbonyl (C=O) groups is 3. The molecular weight excluding hydrogens is 324 g/mol. The first-order chi connectivity index (χ1) is 11.7. The van der Waals surface area contributed by atoms with Crippen molar-refractivity contribution in [3.05, 3.63) is 29.8 Å². The fourth-order valence-corrected chi connectivity index (χ4v) is 4.28. The van der Waals surface area contributed by atoms with Gasteiger partial charge in [0.25, 0.3) is 0 Å². The summed E-state index contributed by atoms with van der Waals surface area (Å²) in [5.41, 5.74) is -1.11. The van der Waals surface area contributed by atoms with Crippen LogP contribution >= 0.6 is 0 Å². The number of fused-ring (bicyclic) bond motifs is 1. The van der Waals surface area contributed by atoms with E-state index >= 15 is 0 Å². The van der Waals surface area contributed by atoms with Gasteiger partial charge in [-0.25, -0.2) is 0 Å². The van der Waals surface area contributed by atoms with Crippen molar-refractivity contribution >= 4 is 17.8 Å². The van der Waals surface area contributed by atoms with Gasteiger partial charge in [0.2, 0.25) is 11.8 Å². The molecule has 0 saturated carbocycles. The third-order valence-corrected chi connectivity index (χ3v) is 5.26. The Hall–Kier alpha value is -2.41. The highest BCUT2D eigenvalue weighted by molar-refractivity contribution is 6.09. The first kappa shape index (κ1) is 17.4. The van der Waals surface area contributed by atoms with E-state index in [0.717, 1.165) is 4.90 Å². The van der Waals surface area contributed by atoms with Gasteiger partial charge in [0.05, 0.1) is 11.8 Å². The predicted molar refractivity (Wildman–Crippen MR) is 88.6 cm³/mol. The van der Waals surface area contributed by atoms with Crippen molar-refractivity contribution in [2.24, 2.45) is 17.8 Å². The summed E-state index contributed by atoms with van der Waals surface area (Å²) in [6.45, 7) is 3.75. The number of nitrogens with one attached hydrogen (secondary N) is 1. The number of imide groups is 1. The number of carboxylic acid groups (broad SMARTS) is 1. The van der Waals surface area contributed by atoms with Crippen molar-refractivity contribution in [2.45, 2.75) is 31.8 Å². The molecule has 7 nitrogen and oxygen atoms in total. The second-order valence-corrected chi connectivity index (χ2v) is 7.29. The minimum absolute atomic E-state index is 0.00109. The summed E-state index contributed by atoms with van der Waals surface area (Å²) in [5.74, 6) is -3.91. The lowest BCUT2D eigenvalue weighted by molar-refractivity contribution is -0.151. The first-order valence-corrected chi connectivity index (χ1v) is 8.31. The lowest BCUT2D eigenvalue weighted by atomic mass is 9.75. The minimum atomic E-state index is -1.54. The molecule has 3 rings (SSSR count). The van der Waals surface area contributed by atoms with Gasteiger partial charge in [0, 0.05) is 18.7 Å². The highest BCUT2D eigenvalue weighted by Crippen LogP contribution is 2.51. The van der Waals surface area contributed by atoms with Crippen LogP contribution in [0.4, 0.5) is 0 Å². The van der Waals surface area contributed by atoms with Crippen LogP contribution in [-0.2, 0) is 14.4 Å². The number of aromatic hydroxyl groups is 1. The van der Waals surface area contributed by atoms with E-state index < -0.39 is 41.2 Å². The van der Waals surface area contributed by atoms with Crippen LogP contribution in [0.2, 0.25) is 0 Å². The average molecular weight is 346 g/mol. The molecule has 2 aliphatic rings. The zero-order valence-electron chi connectivity index (χ0n) is 14.4. The van der Waals surface area contributed by atoms with Gasteiger partial charge in [-0.15, -0.1) is 0 Å². The van der Waals surface area contributed by atoms with Crippen LogP contribution in [0.25, 0.3) is 0 Å². The molecule has 2 aliphatic heterocycles. The molecule has 2 amide bonds. The molecule has 0 unspecified atom stereocenters. The molecule has 2 fully saturated rings. The van der Waals surface area contributed by atoms with Gasteiger partial charge in [-0.2, -0.15) is 0 Å². The van der Waals surface area contributed by atoms with E-state index in [1.807, 2.05) is 13.8 Å². The van der Waals surface area contributed by atoms with Crippen molar-refractivity contribution in [2.75, 3.05) is 7.05 Å². The normalized spacial score (nSPS) is 31.7. The fraction of sp³-hybridized carbons (Fsp3) is 0.500. The summed E-state index contributed by atoms with van der Waals surface area (Å²) in [5, 5.41) is 23.2. The molecule has 2 heterocycles. The van der Waals surface area contributed by atoms with Crippen LogP contribution < -0.4 is 5.32 Å². The SMILES string of the molecule is CC(C)C[C@]1(C(=O)O)N[C@H](c2ccccc2O)[C@H]2C(=O)N(C)C(=O)[C@H]21. The largest absolute Gasteiger partial charge is 0.508 e. The lowest BCUT2D eigenvalue weighted by Gasteiger charge is -2.32. The molecule has 1 aromatic rings. The number of amides is 2. The predicted octanol–water partition coefficient (Wildman–Crippen LogP) is 1.14. The van der Waals surface area contributed by atoms with E-state index in [0.29, 0.717) is 5.56 Å². The molecule has 0 radical (unpaired) electrons. The maximum absolute atomic E-state index is 12.7. The molecule has 4 atom stereocenters. The Kier molecular flexibility index (Phi) is 4.07. The third kappa shape index (κ3) is 2.41. The fourth-order valence-electron chi connectivity index (χ4n) is 4.28. The zero-order chi connectivity index (χ0) is 18.5. The maximum Gasteiger partial charge on any atom is 0.324 e. The van der Waals surface area contributed by atoms with E-state index in [1.165, 1.54) is 13.1 Å². The van der Waals surface area contributed by atoms with Gasteiger partial charge in [-0.05, 0) is 18.4 Å². The number of hydrogen-bond donors (Lipinski definition) is 3. The monoisotopic (exact) mass is 346 g/mol. The lowest BCUT2D eigenvalue weighted by Crippen LogP contribution is -2.56. The zero-order valence-corrected chi connectivity index (χ0v) is 14.4. The number of nitrogens with zero attached hydrogens (tertiary/aromatic N) is 1. The topological polar surface area (TPSA) is 107 Å². The number of phenolic OH excluding ortho intramolecular Hbond substituents is 1. The highest BCUT2D eigenvalue weighted by Gasteiger charge is 2.68. The van der Waals surface area contributed by atoms with Crippen molar-refractivity contribution < 1.29 is 24.6 Å². The number of carboxylic acids is 1. The average Bonchev–Trinajstić information content (AvgIpc) is 2.98. The van der Waals surface area contributed by atoms with Gasteiger partial charge in [0.1, 0.15) is 11.3 Å². The molecule has 7 heteroatoms. The second-order valence-electron chi connectivity index (χ2n) is 7.29. The maximum atomic E-state index is 12.7. The Balaban J connectivity index is 2.17. The first-order valence-electron chi connectivity index (χ1n) is 8.31. The summed E-state index contributed by atoms with van der Waals surface area (Å²) >= 11 is 0. The molecule has 3 N–H and O–H groups in total. The molecule has 0 aromatic heterocycles. The quantitative estimate of drug-likeness (QED) is 0.706. The third-order valence-electron chi connectivity index (χ3n) is 5.26. The summed E-state index contributed by atoms with van der Waals surface area (Å²) in [6, 6.07) is 5.76. The Labute approximate surface area is 145 Å². The van der Waals surface area contributed by atoms with Crippen molar-refractivity contribution in [3.8, 4) is 5.75 Å². The van der Waals surface area contributed by atoms with E-state index in [2.05, 4.69) is 5.32 Å². The number of aliphatic carboxylic acids is 1. The number of hydrogen-bond acceptors (Lipinski definition) is 5. The minimum Gasteiger partial charge on any atom is -0.508 e. The second kappa shape index (κ2) is 5.84. The van der Waals surface area contributed by atoms with E-state index in [1.54, 1.807) is 18.2 Å². The molecule has 0 spiro atoms. The smallest absolute Gasteiger partial charge is 0.324 e. The molecule has 0 aliphatic carbocycles. The number of benzene rings is 1. The standard InChI is InChI=1S/C18H22N2O5/c1-9(2)8-18(17(24)25)13-12(15(22)20(3)16(13)23)14(19-18)10-6-4-5-7-11(10)21/h4-7,9,12-14,19,21H,8H2,1-3H3,(H,24,25)/t12-,13-,14+,18-/m0/s1. The van der Waals surface area contributed by atoms with E-state index in [4.69, 9.17) is 0 Å². The van der Waals surface area contributed by atoms with Crippen molar-refractivity contribution in [3.63, 3.8) is 0 Å².